The van der Waals surface area contributed by atoms with Gasteiger partial charge < -0.3 is 10.6 Å². The molecular formula is C16H20N2OS. The first-order valence-electron chi connectivity index (χ1n) is 7.24. The third kappa shape index (κ3) is 3.25. The van der Waals surface area contributed by atoms with Crippen molar-refractivity contribution in [2.24, 2.45) is 0 Å². The number of hydrogen-bond acceptors (Lipinski definition) is 3. The molecule has 0 radical (unpaired) electrons. The molecule has 0 saturated heterocycles. The summed E-state index contributed by atoms with van der Waals surface area (Å²) in [5, 5.41) is 6.44. The van der Waals surface area contributed by atoms with Crippen LogP contribution in [0.5, 0.6) is 0 Å². The maximum absolute atomic E-state index is 12.2. The van der Waals surface area contributed by atoms with Gasteiger partial charge in [-0.05, 0) is 37.4 Å². The standard InChI is InChI=1S/C16H20N2OS/c19-16(18-10-7-12-5-8-17-9-6-12)15-11-13-3-1-2-4-14(13)20-15/h1-5,15,17H,6-11H2,(H,18,19). The molecule has 2 heterocycles. The summed E-state index contributed by atoms with van der Waals surface area (Å²) in [5.74, 6) is 0.181. The average molecular weight is 288 g/mol. The highest BCUT2D eigenvalue weighted by atomic mass is 32.2. The summed E-state index contributed by atoms with van der Waals surface area (Å²) in [7, 11) is 0. The molecule has 1 unspecified atom stereocenters. The van der Waals surface area contributed by atoms with Crippen molar-refractivity contribution in [3.63, 3.8) is 0 Å². The van der Waals surface area contributed by atoms with Crippen molar-refractivity contribution >= 4 is 17.7 Å². The first-order valence-corrected chi connectivity index (χ1v) is 8.12. The van der Waals surface area contributed by atoms with Gasteiger partial charge in [0.05, 0.1) is 5.25 Å². The lowest BCUT2D eigenvalue weighted by Gasteiger charge is -2.15. The summed E-state index contributed by atoms with van der Waals surface area (Å²) in [4.78, 5) is 13.4. The Hall–Kier alpha value is -1.26. The predicted octanol–water partition coefficient (Wildman–Crippen LogP) is 2.13. The Bertz CT molecular complexity index is 502. The smallest absolute Gasteiger partial charge is 0.233 e. The quantitative estimate of drug-likeness (QED) is 0.834. The van der Waals surface area contributed by atoms with Crippen LogP contribution in [-0.4, -0.2) is 30.8 Å². The minimum Gasteiger partial charge on any atom is -0.355 e. The number of thioether (sulfide) groups is 1. The molecule has 20 heavy (non-hydrogen) atoms. The van der Waals surface area contributed by atoms with E-state index in [2.05, 4.69) is 28.8 Å². The molecule has 2 aliphatic heterocycles. The van der Waals surface area contributed by atoms with E-state index < -0.39 is 0 Å². The minimum absolute atomic E-state index is 0.0504. The number of hydrogen-bond donors (Lipinski definition) is 2. The molecule has 2 N–H and O–H groups in total. The van der Waals surface area contributed by atoms with Gasteiger partial charge in [-0.1, -0.05) is 29.8 Å². The van der Waals surface area contributed by atoms with Gasteiger partial charge in [-0.25, -0.2) is 0 Å². The largest absolute Gasteiger partial charge is 0.355 e. The number of carbonyl (C=O) groups excluding carboxylic acids is 1. The first-order chi connectivity index (χ1) is 9.83. The SMILES string of the molecule is O=C(NCCC1=CCNCC1)C1Cc2ccccc2S1. The summed E-state index contributed by atoms with van der Waals surface area (Å²) < 4.78 is 0. The van der Waals surface area contributed by atoms with E-state index in [9.17, 15) is 4.79 Å². The van der Waals surface area contributed by atoms with E-state index in [0.717, 1.165) is 38.9 Å². The molecule has 1 amide bonds. The van der Waals surface area contributed by atoms with Crippen LogP contribution in [0.4, 0.5) is 0 Å². The molecule has 1 atom stereocenters. The summed E-state index contributed by atoms with van der Waals surface area (Å²) in [6.07, 6.45) is 5.20. The van der Waals surface area contributed by atoms with Crippen molar-refractivity contribution in [2.75, 3.05) is 19.6 Å². The van der Waals surface area contributed by atoms with Gasteiger partial charge in [0.25, 0.3) is 0 Å². The monoisotopic (exact) mass is 288 g/mol. The molecule has 4 heteroatoms. The van der Waals surface area contributed by atoms with E-state index in [-0.39, 0.29) is 11.2 Å². The highest BCUT2D eigenvalue weighted by Gasteiger charge is 2.27. The van der Waals surface area contributed by atoms with Crippen LogP contribution in [0, 0.1) is 0 Å². The molecule has 3 rings (SSSR count). The Morgan fingerprint density at radius 3 is 3.10 bits per heavy atom. The van der Waals surface area contributed by atoms with E-state index in [4.69, 9.17) is 0 Å². The molecule has 1 aromatic carbocycles. The zero-order valence-corrected chi connectivity index (χ0v) is 12.3. The minimum atomic E-state index is 0.0504. The van der Waals surface area contributed by atoms with Crippen molar-refractivity contribution in [3.8, 4) is 0 Å². The van der Waals surface area contributed by atoms with Gasteiger partial charge in [-0.15, -0.1) is 11.8 Å². The number of carbonyl (C=O) groups is 1. The molecule has 0 aliphatic carbocycles. The van der Waals surface area contributed by atoms with Crippen LogP contribution in [0.2, 0.25) is 0 Å². The van der Waals surface area contributed by atoms with Gasteiger partial charge in [-0.2, -0.15) is 0 Å². The Morgan fingerprint density at radius 1 is 1.40 bits per heavy atom. The summed E-state index contributed by atoms with van der Waals surface area (Å²) in [6.45, 7) is 2.79. The van der Waals surface area contributed by atoms with E-state index in [1.165, 1.54) is 16.0 Å². The number of nitrogens with one attached hydrogen (secondary N) is 2. The Morgan fingerprint density at radius 2 is 2.30 bits per heavy atom. The molecule has 106 valence electrons. The number of benzene rings is 1. The van der Waals surface area contributed by atoms with Crippen molar-refractivity contribution in [1.29, 1.82) is 0 Å². The van der Waals surface area contributed by atoms with Crippen molar-refractivity contribution in [3.05, 3.63) is 41.5 Å². The van der Waals surface area contributed by atoms with E-state index in [0.29, 0.717) is 0 Å². The molecule has 2 aliphatic rings. The fourth-order valence-corrected chi connectivity index (χ4v) is 3.90. The normalized spacial score (nSPS) is 21.2. The molecule has 0 aromatic heterocycles. The highest BCUT2D eigenvalue weighted by Crippen LogP contribution is 2.36. The van der Waals surface area contributed by atoms with Gasteiger partial charge >= 0.3 is 0 Å². The van der Waals surface area contributed by atoms with Crippen molar-refractivity contribution < 1.29 is 4.79 Å². The topological polar surface area (TPSA) is 41.1 Å². The lowest BCUT2D eigenvalue weighted by molar-refractivity contribution is -0.120. The summed E-state index contributed by atoms with van der Waals surface area (Å²) in [6, 6.07) is 8.31. The lowest BCUT2D eigenvalue weighted by Crippen LogP contribution is -2.33. The maximum atomic E-state index is 12.2. The Balaban J connectivity index is 1.45. The number of rotatable bonds is 4. The molecule has 0 saturated carbocycles. The summed E-state index contributed by atoms with van der Waals surface area (Å²) in [5.41, 5.74) is 2.77. The Labute approximate surface area is 124 Å². The second-order valence-corrected chi connectivity index (χ2v) is 6.52. The van der Waals surface area contributed by atoms with Crippen LogP contribution >= 0.6 is 11.8 Å². The van der Waals surface area contributed by atoms with Gasteiger partial charge in [0, 0.05) is 18.0 Å². The molecule has 1 aromatic rings. The zero-order valence-electron chi connectivity index (χ0n) is 11.5. The average Bonchev–Trinajstić information content (AvgIpc) is 2.92. The van der Waals surface area contributed by atoms with Crippen LogP contribution in [0.1, 0.15) is 18.4 Å². The molecule has 0 bridgehead atoms. The second kappa shape index (κ2) is 6.46. The predicted molar refractivity (Wildman–Crippen MR) is 83.0 cm³/mol. The van der Waals surface area contributed by atoms with Crippen molar-refractivity contribution in [2.45, 2.75) is 29.4 Å². The number of amides is 1. The molecule has 3 nitrogen and oxygen atoms in total. The maximum Gasteiger partial charge on any atom is 0.233 e. The highest BCUT2D eigenvalue weighted by molar-refractivity contribution is 8.01. The second-order valence-electron chi connectivity index (χ2n) is 5.28. The fourth-order valence-electron chi connectivity index (χ4n) is 2.69. The van der Waals surface area contributed by atoms with Crippen LogP contribution in [0.3, 0.4) is 0 Å². The van der Waals surface area contributed by atoms with Gasteiger partial charge in [0.1, 0.15) is 0 Å². The van der Waals surface area contributed by atoms with Gasteiger partial charge in [-0.3, -0.25) is 4.79 Å². The Kier molecular flexibility index (Phi) is 4.43. The van der Waals surface area contributed by atoms with Gasteiger partial charge in [0.2, 0.25) is 5.91 Å². The summed E-state index contributed by atoms with van der Waals surface area (Å²) >= 11 is 1.69. The lowest BCUT2D eigenvalue weighted by atomic mass is 10.1. The van der Waals surface area contributed by atoms with Crippen LogP contribution < -0.4 is 10.6 Å². The molecule has 0 spiro atoms. The molecular weight excluding hydrogens is 268 g/mol. The first kappa shape index (κ1) is 13.7. The number of fused-ring (bicyclic) bond motifs is 1. The van der Waals surface area contributed by atoms with Crippen LogP contribution in [0.15, 0.2) is 40.8 Å². The van der Waals surface area contributed by atoms with Gasteiger partial charge in [0.15, 0.2) is 0 Å². The zero-order chi connectivity index (χ0) is 13.8. The third-order valence-corrected chi connectivity index (χ3v) is 5.16. The fraction of sp³-hybridized carbons (Fsp3) is 0.438. The van der Waals surface area contributed by atoms with E-state index >= 15 is 0 Å². The van der Waals surface area contributed by atoms with E-state index in [1.807, 2.05) is 12.1 Å². The third-order valence-electron chi connectivity index (χ3n) is 3.84. The molecule has 0 fully saturated rings. The van der Waals surface area contributed by atoms with E-state index in [1.54, 1.807) is 11.8 Å². The van der Waals surface area contributed by atoms with Crippen LogP contribution in [0.25, 0.3) is 0 Å². The van der Waals surface area contributed by atoms with Crippen molar-refractivity contribution in [1.82, 2.24) is 10.6 Å². The van der Waals surface area contributed by atoms with Crippen LogP contribution in [-0.2, 0) is 11.2 Å².